The van der Waals surface area contributed by atoms with E-state index in [2.05, 4.69) is 5.32 Å². The molecule has 1 aromatic heterocycles. The molecule has 3 heterocycles. The van der Waals surface area contributed by atoms with Crippen molar-refractivity contribution in [2.75, 3.05) is 34.7 Å². The van der Waals surface area contributed by atoms with Crippen LogP contribution in [0.1, 0.15) is 34.4 Å². The molecule has 1 N–H and O–H groups in total. The quantitative estimate of drug-likeness (QED) is 0.493. The van der Waals surface area contributed by atoms with Crippen LogP contribution in [0.25, 0.3) is 0 Å². The van der Waals surface area contributed by atoms with E-state index in [9.17, 15) is 4.79 Å². The summed E-state index contributed by atoms with van der Waals surface area (Å²) >= 11 is 0. The normalized spacial score (nSPS) is 23.6. The van der Waals surface area contributed by atoms with Crippen molar-refractivity contribution in [3.63, 3.8) is 0 Å². The van der Waals surface area contributed by atoms with Gasteiger partial charge in [-0.1, -0.05) is 0 Å². The van der Waals surface area contributed by atoms with Crippen LogP contribution in [-0.2, 0) is 16.1 Å². The number of carbonyl (C=O) groups excluding carboxylic acids is 1. The maximum absolute atomic E-state index is 13.2. The minimum atomic E-state index is -0.422. The van der Waals surface area contributed by atoms with Crippen LogP contribution >= 0.6 is 0 Å². The van der Waals surface area contributed by atoms with E-state index in [1.165, 1.54) is 0 Å². The Balaban J connectivity index is 1.52. The summed E-state index contributed by atoms with van der Waals surface area (Å²) in [6.07, 6.45) is 1.65. The maximum Gasteiger partial charge on any atom is 0.310 e. The van der Waals surface area contributed by atoms with Gasteiger partial charge < -0.3 is 38.2 Å². The lowest BCUT2D eigenvalue weighted by Gasteiger charge is -2.39. The van der Waals surface area contributed by atoms with Crippen molar-refractivity contribution >= 4 is 5.97 Å². The first-order valence-electron chi connectivity index (χ1n) is 11.8. The van der Waals surface area contributed by atoms with Crippen LogP contribution in [0, 0.1) is 11.8 Å². The fourth-order valence-electron chi connectivity index (χ4n) is 5.73. The van der Waals surface area contributed by atoms with Gasteiger partial charge in [0.1, 0.15) is 5.76 Å². The first kappa shape index (κ1) is 22.6. The molecule has 9 nitrogen and oxygen atoms in total. The van der Waals surface area contributed by atoms with E-state index in [1.807, 2.05) is 36.4 Å². The highest BCUT2D eigenvalue weighted by Gasteiger charge is 2.52. The summed E-state index contributed by atoms with van der Waals surface area (Å²) in [6.45, 7) is 0.985. The van der Waals surface area contributed by atoms with Crippen molar-refractivity contribution < 1.29 is 37.6 Å². The largest absolute Gasteiger partial charge is 0.493 e. The lowest BCUT2D eigenvalue weighted by atomic mass is 9.65. The number of ether oxygens (including phenoxy) is 6. The van der Waals surface area contributed by atoms with Gasteiger partial charge in [0.2, 0.25) is 12.5 Å². The lowest BCUT2D eigenvalue weighted by molar-refractivity contribution is -0.141. The third kappa shape index (κ3) is 3.53. The summed E-state index contributed by atoms with van der Waals surface area (Å²) in [5.74, 6) is 2.62. The average molecular weight is 494 g/mol. The van der Waals surface area contributed by atoms with Crippen molar-refractivity contribution in [3.8, 4) is 28.7 Å². The predicted octanol–water partition coefficient (Wildman–Crippen LogP) is 3.80. The molecule has 3 aliphatic rings. The van der Waals surface area contributed by atoms with Gasteiger partial charge in [0.25, 0.3) is 0 Å². The Morgan fingerprint density at radius 3 is 2.31 bits per heavy atom. The van der Waals surface area contributed by atoms with Crippen molar-refractivity contribution in [1.29, 1.82) is 0 Å². The number of furan rings is 1. The van der Waals surface area contributed by atoms with Crippen LogP contribution in [0.5, 0.6) is 28.7 Å². The van der Waals surface area contributed by atoms with Crippen LogP contribution in [0.3, 0.4) is 0 Å². The van der Waals surface area contributed by atoms with Gasteiger partial charge in [0.05, 0.1) is 46.7 Å². The van der Waals surface area contributed by atoms with Gasteiger partial charge in [0, 0.05) is 17.9 Å². The summed E-state index contributed by atoms with van der Waals surface area (Å²) < 4.78 is 39.4. The van der Waals surface area contributed by atoms with E-state index >= 15 is 0 Å². The topological polar surface area (TPSA) is 97.6 Å². The molecule has 36 heavy (non-hydrogen) atoms. The molecule has 4 atom stereocenters. The zero-order valence-electron chi connectivity index (χ0n) is 20.2. The van der Waals surface area contributed by atoms with Gasteiger partial charge in [-0.25, -0.2) is 0 Å². The van der Waals surface area contributed by atoms with Crippen LogP contribution in [0.4, 0.5) is 0 Å². The van der Waals surface area contributed by atoms with E-state index in [0.29, 0.717) is 41.9 Å². The van der Waals surface area contributed by atoms with Crippen molar-refractivity contribution in [2.45, 2.75) is 18.5 Å². The number of methoxy groups -OCH3 is 3. The number of hydrogen-bond acceptors (Lipinski definition) is 9. The Hall–Kier alpha value is -3.85. The van der Waals surface area contributed by atoms with E-state index in [1.54, 1.807) is 27.6 Å². The predicted molar refractivity (Wildman–Crippen MR) is 127 cm³/mol. The highest BCUT2D eigenvalue weighted by molar-refractivity contribution is 5.79. The smallest absolute Gasteiger partial charge is 0.310 e. The third-order valence-electron chi connectivity index (χ3n) is 7.31. The summed E-state index contributed by atoms with van der Waals surface area (Å²) in [6, 6.07) is 11.4. The molecule has 0 bridgehead atoms. The molecule has 0 radical (unpaired) electrons. The molecule has 3 aromatic rings. The molecule has 4 unspecified atom stereocenters. The van der Waals surface area contributed by atoms with E-state index in [0.717, 1.165) is 22.5 Å². The van der Waals surface area contributed by atoms with Gasteiger partial charge in [-0.3, -0.25) is 4.79 Å². The first-order chi connectivity index (χ1) is 17.6. The minimum Gasteiger partial charge on any atom is -0.493 e. The molecule has 1 saturated heterocycles. The third-order valence-corrected chi connectivity index (χ3v) is 7.31. The Kier molecular flexibility index (Phi) is 5.64. The van der Waals surface area contributed by atoms with Crippen LogP contribution in [0.2, 0.25) is 0 Å². The molecule has 0 amide bonds. The minimum absolute atomic E-state index is 0.107. The number of esters is 1. The highest BCUT2D eigenvalue weighted by atomic mass is 16.7. The molecule has 2 aromatic carbocycles. The van der Waals surface area contributed by atoms with Gasteiger partial charge >= 0.3 is 5.97 Å². The van der Waals surface area contributed by atoms with Gasteiger partial charge in [-0.15, -0.1) is 0 Å². The fourth-order valence-corrected chi connectivity index (χ4v) is 5.73. The number of fused-ring (bicyclic) bond motifs is 3. The van der Waals surface area contributed by atoms with Crippen molar-refractivity contribution in [3.05, 3.63) is 65.1 Å². The Labute approximate surface area is 208 Å². The molecule has 6 rings (SSSR count). The number of benzene rings is 2. The number of rotatable bonds is 7. The molecular weight excluding hydrogens is 466 g/mol. The summed E-state index contributed by atoms with van der Waals surface area (Å²) in [7, 11) is 4.72. The second-order valence-electron chi connectivity index (χ2n) is 9.03. The number of hydrogen-bond donors (Lipinski definition) is 1. The summed E-state index contributed by atoms with van der Waals surface area (Å²) in [4.78, 5) is 13.2. The average Bonchev–Trinajstić information content (AvgIpc) is 3.66. The van der Waals surface area contributed by atoms with Crippen molar-refractivity contribution in [1.82, 2.24) is 5.32 Å². The van der Waals surface area contributed by atoms with Crippen LogP contribution < -0.4 is 29.0 Å². The molecule has 0 saturated carbocycles. The van der Waals surface area contributed by atoms with Crippen molar-refractivity contribution in [2.24, 2.45) is 11.8 Å². The summed E-state index contributed by atoms with van der Waals surface area (Å²) in [5, 5.41) is 3.61. The molecule has 2 aliphatic heterocycles. The molecule has 1 fully saturated rings. The zero-order chi connectivity index (χ0) is 24.8. The van der Waals surface area contributed by atoms with E-state index < -0.39 is 5.92 Å². The Bertz CT molecular complexity index is 1260. The van der Waals surface area contributed by atoms with Gasteiger partial charge in [-0.05, 0) is 53.1 Å². The van der Waals surface area contributed by atoms with E-state index in [-0.39, 0.29) is 30.6 Å². The molecule has 1 aliphatic carbocycles. The highest BCUT2D eigenvalue weighted by Crippen LogP contribution is 2.55. The first-order valence-corrected chi connectivity index (χ1v) is 11.8. The monoisotopic (exact) mass is 493 g/mol. The Morgan fingerprint density at radius 1 is 0.944 bits per heavy atom. The van der Waals surface area contributed by atoms with Gasteiger partial charge in [0.15, 0.2) is 23.0 Å². The molecule has 188 valence electrons. The number of nitrogens with one attached hydrogen (secondary N) is 1. The summed E-state index contributed by atoms with van der Waals surface area (Å²) in [5.41, 5.74) is 2.86. The molecular formula is C27H27NO8. The van der Waals surface area contributed by atoms with Crippen LogP contribution in [0.15, 0.2) is 47.1 Å². The maximum atomic E-state index is 13.2. The van der Waals surface area contributed by atoms with Crippen LogP contribution in [-0.4, -0.2) is 40.7 Å². The fraction of sp³-hybridized carbons (Fsp3) is 0.370. The van der Waals surface area contributed by atoms with E-state index in [4.69, 9.17) is 32.8 Å². The second-order valence-corrected chi connectivity index (χ2v) is 9.03. The standard InChI is InChI=1S/C27H27NO8/c1-30-21-7-14(8-22(31-2)26(21)32-3)23-16-9-19-20(36-13-35-19)10-17(16)25(18-12-34-27(29)24(18)23)28-11-15-5-4-6-33-15/h4-10,18,23-25,28H,11-13H2,1-3H3. The molecule has 0 spiro atoms. The lowest BCUT2D eigenvalue weighted by Crippen LogP contribution is -2.40. The number of carbonyl (C=O) groups is 1. The SMILES string of the molecule is COc1cc(C2c3cc4c(cc3C(NCc3ccco3)C3COC(=O)C23)OCO4)cc(OC)c1OC. The second kappa shape index (κ2) is 8.98. The zero-order valence-corrected chi connectivity index (χ0v) is 20.2. The molecule has 9 heteroatoms. The number of cyclic esters (lactones) is 1. The Morgan fingerprint density at radius 2 is 1.67 bits per heavy atom. The van der Waals surface area contributed by atoms with Gasteiger partial charge in [-0.2, -0.15) is 0 Å².